The third-order valence-electron chi connectivity index (χ3n) is 7.70. The molecule has 0 radical (unpaired) electrons. The van der Waals surface area contributed by atoms with Crippen molar-refractivity contribution >= 4 is 58.3 Å². The van der Waals surface area contributed by atoms with Gasteiger partial charge in [-0.25, -0.2) is 9.59 Å². The molecule has 18 nitrogen and oxygen atoms in total. The van der Waals surface area contributed by atoms with Crippen molar-refractivity contribution in [3.05, 3.63) is 40.2 Å². The van der Waals surface area contributed by atoms with E-state index in [1.54, 1.807) is 53.7 Å². The lowest BCUT2D eigenvalue weighted by Crippen LogP contribution is -2.57. The van der Waals surface area contributed by atoms with E-state index in [0.717, 1.165) is 0 Å². The summed E-state index contributed by atoms with van der Waals surface area (Å²) in [5, 5.41) is 22.4. The summed E-state index contributed by atoms with van der Waals surface area (Å²) >= 11 is 0. The highest BCUT2D eigenvalue weighted by Gasteiger charge is 2.32. The normalized spacial score (nSPS) is 13.4. The molecule has 5 amide bonds. The molecule has 0 unspecified atom stereocenters. The van der Waals surface area contributed by atoms with Gasteiger partial charge in [-0.1, -0.05) is 32.4 Å². The van der Waals surface area contributed by atoms with Crippen LogP contribution in [0.1, 0.15) is 72.3 Å². The number of hydrogen-bond acceptors (Lipinski definition) is 10. The third kappa shape index (κ3) is 14.3. The number of nitrogens with one attached hydrogen (secondary N) is 5. The summed E-state index contributed by atoms with van der Waals surface area (Å²) in [5.74, 6) is -4.87. The Balaban J connectivity index is 2.20. The maximum atomic E-state index is 13.4. The second-order valence-corrected chi connectivity index (χ2v) is 13.2. The molecule has 0 spiro atoms. The van der Waals surface area contributed by atoms with Gasteiger partial charge in [0.2, 0.25) is 23.6 Å². The Bertz CT molecular complexity index is 1700. The number of anilines is 1. The third-order valence-corrected chi connectivity index (χ3v) is 7.70. The highest BCUT2D eigenvalue weighted by Crippen LogP contribution is 2.24. The van der Waals surface area contributed by atoms with E-state index < -0.39 is 83.9 Å². The summed E-state index contributed by atoms with van der Waals surface area (Å²) in [7, 11) is 0. The van der Waals surface area contributed by atoms with E-state index in [1.807, 2.05) is 0 Å². The van der Waals surface area contributed by atoms with Crippen LogP contribution in [0.15, 0.2) is 38.5 Å². The van der Waals surface area contributed by atoms with E-state index in [0.29, 0.717) is 17.4 Å². The smallest absolute Gasteiger partial charge is 0.408 e. The number of carbonyl (C=O) groups is 6. The highest BCUT2D eigenvalue weighted by molar-refractivity contribution is 6.03. The van der Waals surface area contributed by atoms with Gasteiger partial charge in [-0.3, -0.25) is 29.0 Å². The number of aryl methyl sites for hydroxylation is 1. The van der Waals surface area contributed by atoms with Gasteiger partial charge < -0.3 is 52.3 Å². The molecule has 1 heterocycles. The number of carboxylic acid groups (broad SMARTS) is 1. The molecule has 1 aromatic heterocycles. The lowest BCUT2D eigenvalue weighted by Gasteiger charge is -2.28. The minimum Gasteiger partial charge on any atom is -0.481 e. The second-order valence-electron chi connectivity index (χ2n) is 13.2. The maximum absolute atomic E-state index is 13.4. The molecule has 286 valence electrons. The van der Waals surface area contributed by atoms with Crippen LogP contribution in [-0.2, 0) is 28.7 Å². The Hall–Kier alpha value is -5.68. The molecule has 0 aliphatic rings. The van der Waals surface area contributed by atoms with Gasteiger partial charge in [-0.15, -0.1) is 0 Å². The van der Waals surface area contributed by atoms with Crippen molar-refractivity contribution < 1.29 is 43.0 Å². The molecule has 0 aliphatic heterocycles. The van der Waals surface area contributed by atoms with Gasteiger partial charge in [0.05, 0.1) is 12.2 Å². The molecule has 4 atom stereocenters. The van der Waals surface area contributed by atoms with Crippen LogP contribution >= 0.6 is 0 Å². The van der Waals surface area contributed by atoms with E-state index >= 15 is 0 Å². The number of ether oxygens (including phenoxy) is 1. The fraction of sp³-hybridized carbons (Fsp3) is 0.529. The second kappa shape index (κ2) is 19.6. The summed E-state index contributed by atoms with van der Waals surface area (Å²) in [4.78, 5) is 92.8. The average Bonchev–Trinajstić information content (AvgIpc) is 3.04. The highest BCUT2D eigenvalue weighted by atomic mass is 16.6. The molecule has 18 heteroatoms. The van der Waals surface area contributed by atoms with Crippen molar-refractivity contribution in [3.63, 3.8) is 0 Å². The van der Waals surface area contributed by atoms with E-state index in [2.05, 4.69) is 31.6 Å². The van der Waals surface area contributed by atoms with Gasteiger partial charge in [0.15, 0.2) is 11.5 Å². The van der Waals surface area contributed by atoms with Gasteiger partial charge in [0.1, 0.15) is 23.7 Å². The summed E-state index contributed by atoms with van der Waals surface area (Å²) in [6.45, 7) is 9.68. The summed E-state index contributed by atoms with van der Waals surface area (Å²) in [6, 6.07) is 2.54. The number of alkyl carbamates (subject to hydrolysis) is 1. The predicted octanol–water partition coefficient (Wildman–Crippen LogP) is 0.984. The fourth-order valence-electron chi connectivity index (χ4n) is 4.90. The van der Waals surface area contributed by atoms with E-state index in [-0.39, 0.29) is 43.0 Å². The Morgan fingerprint density at radius 3 is 2.27 bits per heavy atom. The van der Waals surface area contributed by atoms with Crippen molar-refractivity contribution in [1.82, 2.24) is 21.3 Å². The number of hydrogen-bond donors (Lipinski definition) is 8. The monoisotopic (exact) mass is 730 g/mol. The van der Waals surface area contributed by atoms with E-state index in [4.69, 9.17) is 20.6 Å². The number of aliphatic imine (C=N–C) groups is 1. The van der Waals surface area contributed by atoms with Gasteiger partial charge >= 0.3 is 17.7 Å². The minimum absolute atomic E-state index is 0.0645. The zero-order valence-corrected chi connectivity index (χ0v) is 30.3. The summed E-state index contributed by atoms with van der Waals surface area (Å²) < 4.78 is 10.6. The fourth-order valence-corrected chi connectivity index (χ4v) is 4.90. The van der Waals surface area contributed by atoms with Crippen LogP contribution in [0.2, 0.25) is 0 Å². The maximum Gasteiger partial charge on any atom is 0.408 e. The minimum atomic E-state index is -1.40. The average molecular weight is 731 g/mol. The van der Waals surface area contributed by atoms with Crippen molar-refractivity contribution in [2.45, 2.75) is 97.4 Å². The number of fused-ring (bicyclic) bond motifs is 1. The number of benzene rings is 1. The van der Waals surface area contributed by atoms with Gasteiger partial charge in [-0.2, -0.15) is 0 Å². The van der Waals surface area contributed by atoms with Crippen LogP contribution in [0.4, 0.5) is 10.5 Å². The molecule has 0 fully saturated rings. The molecule has 2 rings (SSSR count). The molecular weight excluding hydrogens is 680 g/mol. The summed E-state index contributed by atoms with van der Waals surface area (Å²) in [5.41, 5.74) is 10.3. The molecule has 1 aromatic carbocycles. The largest absolute Gasteiger partial charge is 0.481 e. The predicted molar refractivity (Wildman–Crippen MR) is 192 cm³/mol. The standard InChI is InChI=1S/C34H50N8O10/c1-7-18(2)27(42-33(50)52-34(4,5)6)31(49)41-23(13-14-25(44)45)29(47)38-17-24(43)39-22(12-9-15-37-32(35)36)30(48)40-21-11-8-10-20-19(3)16-26(46)51-28(20)21/h8,10-11,16,18,22-23,27H,7,9,12-15,17H2,1-6H3,(H,38,47)(H,39,43)(H,40,48)(H,41,49)(H,42,50)(H,44,45)(H4,35,36,37)/t18-,22-,23-,27-/m0/s1. The first-order valence-corrected chi connectivity index (χ1v) is 16.8. The number of carbonyl (C=O) groups excluding carboxylic acids is 5. The lowest BCUT2D eigenvalue weighted by atomic mass is 9.97. The molecule has 0 saturated heterocycles. The number of rotatable bonds is 18. The number of aliphatic carboxylic acids is 1. The van der Waals surface area contributed by atoms with Crippen molar-refractivity contribution in [3.8, 4) is 0 Å². The van der Waals surface area contributed by atoms with Crippen molar-refractivity contribution in [1.29, 1.82) is 0 Å². The number of para-hydroxylation sites is 1. The molecule has 0 aliphatic carbocycles. The molecule has 10 N–H and O–H groups in total. The first kappa shape index (κ1) is 42.5. The van der Waals surface area contributed by atoms with Crippen LogP contribution in [-0.4, -0.2) is 83.6 Å². The molecule has 0 saturated carbocycles. The first-order chi connectivity index (χ1) is 24.3. The van der Waals surface area contributed by atoms with E-state index in [9.17, 15) is 38.7 Å². The van der Waals surface area contributed by atoms with Crippen molar-refractivity contribution in [2.24, 2.45) is 22.4 Å². The van der Waals surface area contributed by atoms with Crippen LogP contribution < -0.4 is 43.7 Å². The molecule has 2 aromatic rings. The number of guanidine groups is 1. The number of nitrogens with two attached hydrogens (primary N) is 2. The molecule has 0 bridgehead atoms. The Morgan fingerprint density at radius 2 is 1.65 bits per heavy atom. The van der Waals surface area contributed by atoms with Gasteiger partial charge in [0, 0.05) is 24.4 Å². The zero-order valence-electron chi connectivity index (χ0n) is 30.3. The summed E-state index contributed by atoms with van der Waals surface area (Å²) in [6.07, 6.45) is -0.878. The van der Waals surface area contributed by atoms with Gasteiger partial charge in [-0.05, 0) is 64.5 Å². The van der Waals surface area contributed by atoms with Crippen LogP contribution in [0.3, 0.4) is 0 Å². The van der Waals surface area contributed by atoms with Gasteiger partial charge in [0.25, 0.3) is 0 Å². The van der Waals surface area contributed by atoms with Crippen LogP contribution in [0.25, 0.3) is 11.0 Å². The molecule has 52 heavy (non-hydrogen) atoms. The number of nitrogens with zero attached hydrogens (tertiary/aromatic N) is 1. The number of carboxylic acids is 1. The van der Waals surface area contributed by atoms with Crippen LogP contribution in [0.5, 0.6) is 0 Å². The van der Waals surface area contributed by atoms with Crippen LogP contribution in [0, 0.1) is 12.8 Å². The Kier molecular flexibility index (Phi) is 16.0. The topological polar surface area (TPSA) is 287 Å². The lowest BCUT2D eigenvalue weighted by molar-refractivity contribution is -0.138. The first-order valence-electron chi connectivity index (χ1n) is 16.8. The quantitative estimate of drug-likeness (QED) is 0.0461. The van der Waals surface area contributed by atoms with E-state index in [1.165, 1.54) is 12.1 Å². The molecular formula is C34H50N8O10. The Labute approximate surface area is 300 Å². The zero-order chi connectivity index (χ0) is 39.2. The Morgan fingerprint density at radius 1 is 0.981 bits per heavy atom. The van der Waals surface area contributed by atoms with Crippen molar-refractivity contribution in [2.75, 3.05) is 18.4 Å². The SMILES string of the molecule is CC[C@H](C)[C@H](NC(=O)OC(C)(C)C)C(=O)N[C@@H](CCC(=O)O)C(=O)NCC(=O)N[C@@H](CCCN=C(N)N)C(=O)Nc1cccc2c(C)cc(=O)oc12. The number of amides is 5.